The average Bonchev–Trinajstić information content (AvgIpc) is 3.19. The van der Waals surface area contributed by atoms with Gasteiger partial charge in [-0.25, -0.2) is 9.37 Å². The molecular formula is C21H22FN5. The number of para-hydroxylation sites is 1. The molecule has 1 saturated heterocycles. The van der Waals surface area contributed by atoms with Crippen LogP contribution >= 0.6 is 0 Å². The van der Waals surface area contributed by atoms with Crippen molar-refractivity contribution in [1.82, 2.24) is 9.97 Å². The predicted molar refractivity (Wildman–Crippen MR) is 108 cm³/mol. The van der Waals surface area contributed by atoms with Crippen LogP contribution in [0.2, 0.25) is 0 Å². The van der Waals surface area contributed by atoms with Gasteiger partial charge >= 0.3 is 0 Å². The Kier molecular flexibility index (Phi) is 4.87. The zero-order valence-electron chi connectivity index (χ0n) is 15.2. The highest BCUT2D eigenvalue weighted by atomic mass is 19.1. The number of halogens is 1. The van der Waals surface area contributed by atoms with Crippen LogP contribution in [-0.4, -0.2) is 23.1 Å². The van der Waals surface area contributed by atoms with Crippen molar-refractivity contribution in [2.45, 2.75) is 19.8 Å². The van der Waals surface area contributed by atoms with Crippen LogP contribution in [0.15, 0.2) is 54.6 Å². The number of nitrogens with zero attached hydrogens (tertiary/aromatic N) is 3. The van der Waals surface area contributed by atoms with E-state index in [0.29, 0.717) is 17.5 Å². The third-order valence-electron chi connectivity index (χ3n) is 4.59. The van der Waals surface area contributed by atoms with Gasteiger partial charge in [0.25, 0.3) is 0 Å². The van der Waals surface area contributed by atoms with Crippen molar-refractivity contribution in [3.63, 3.8) is 0 Å². The molecule has 5 nitrogen and oxygen atoms in total. The van der Waals surface area contributed by atoms with Gasteiger partial charge in [0.2, 0.25) is 5.95 Å². The summed E-state index contributed by atoms with van der Waals surface area (Å²) < 4.78 is 13.9. The predicted octanol–water partition coefficient (Wildman–Crippen LogP) is 5.01. The smallest absolute Gasteiger partial charge is 0.229 e. The summed E-state index contributed by atoms with van der Waals surface area (Å²) in [7, 11) is 0. The number of rotatable bonds is 5. The molecule has 0 atom stereocenters. The SMILES string of the molecule is Cc1cc(Nc2ccc(N3CCCC3)cc2)nc(Nc2ccccc2F)n1. The molecule has 0 saturated carbocycles. The summed E-state index contributed by atoms with van der Waals surface area (Å²) in [5.41, 5.74) is 3.34. The van der Waals surface area contributed by atoms with Crippen molar-refractivity contribution in [2.75, 3.05) is 28.6 Å². The van der Waals surface area contributed by atoms with Gasteiger partial charge in [-0.3, -0.25) is 0 Å². The lowest BCUT2D eigenvalue weighted by molar-refractivity contribution is 0.631. The Balaban J connectivity index is 1.50. The molecule has 0 spiro atoms. The molecule has 138 valence electrons. The lowest BCUT2D eigenvalue weighted by Gasteiger charge is -2.18. The quantitative estimate of drug-likeness (QED) is 0.667. The van der Waals surface area contributed by atoms with E-state index in [1.54, 1.807) is 18.2 Å². The average molecular weight is 363 g/mol. The van der Waals surface area contributed by atoms with Gasteiger partial charge in [0.15, 0.2) is 0 Å². The summed E-state index contributed by atoms with van der Waals surface area (Å²) in [5.74, 6) is 0.682. The zero-order valence-corrected chi connectivity index (χ0v) is 15.2. The fourth-order valence-electron chi connectivity index (χ4n) is 3.25. The normalized spacial score (nSPS) is 13.6. The topological polar surface area (TPSA) is 53.1 Å². The fourth-order valence-corrected chi connectivity index (χ4v) is 3.25. The second-order valence-corrected chi connectivity index (χ2v) is 6.69. The van der Waals surface area contributed by atoms with Gasteiger partial charge in [-0.15, -0.1) is 0 Å². The van der Waals surface area contributed by atoms with E-state index >= 15 is 0 Å². The second kappa shape index (κ2) is 7.61. The molecule has 2 aromatic carbocycles. The van der Waals surface area contributed by atoms with Crippen molar-refractivity contribution in [3.8, 4) is 0 Å². The summed E-state index contributed by atoms with van der Waals surface area (Å²) in [5, 5.41) is 6.24. The second-order valence-electron chi connectivity index (χ2n) is 6.69. The molecule has 2 heterocycles. The van der Waals surface area contributed by atoms with E-state index < -0.39 is 0 Å². The number of hydrogen-bond acceptors (Lipinski definition) is 5. The fraction of sp³-hybridized carbons (Fsp3) is 0.238. The van der Waals surface area contributed by atoms with Crippen molar-refractivity contribution in [2.24, 2.45) is 0 Å². The first kappa shape index (κ1) is 17.3. The van der Waals surface area contributed by atoms with Gasteiger partial charge in [-0.1, -0.05) is 12.1 Å². The molecule has 2 N–H and O–H groups in total. The minimum atomic E-state index is -0.338. The van der Waals surface area contributed by atoms with Crippen LogP contribution in [0.4, 0.5) is 33.2 Å². The van der Waals surface area contributed by atoms with Crippen LogP contribution < -0.4 is 15.5 Å². The first-order chi connectivity index (χ1) is 13.2. The van der Waals surface area contributed by atoms with Crippen LogP contribution in [0.25, 0.3) is 0 Å². The molecule has 4 rings (SSSR count). The van der Waals surface area contributed by atoms with Gasteiger partial charge in [-0.05, 0) is 56.2 Å². The van der Waals surface area contributed by atoms with Gasteiger partial charge in [0, 0.05) is 36.2 Å². The van der Waals surface area contributed by atoms with Crippen LogP contribution in [0.1, 0.15) is 18.5 Å². The molecular weight excluding hydrogens is 341 g/mol. The Morgan fingerprint density at radius 3 is 2.41 bits per heavy atom. The summed E-state index contributed by atoms with van der Waals surface area (Å²) in [6, 6.07) is 16.7. The minimum Gasteiger partial charge on any atom is -0.372 e. The molecule has 1 aliphatic rings. The van der Waals surface area contributed by atoms with E-state index in [1.165, 1.54) is 24.6 Å². The standard InChI is InChI=1S/C21H22FN5/c1-15-14-20(26-21(23-15)25-19-7-3-2-6-18(19)22)24-16-8-10-17(11-9-16)27-12-4-5-13-27/h2-3,6-11,14H,4-5,12-13H2,1H3,(H2,23,24,25,26). The molecule has 6 heteroatoms. The molecule has 1 aliphatic heterocycles. The number of hydrogen-bond donors (Lipinski definition) is 2. The number of aromatic nitrogens is 2. The Bertz CT molecular complexity index is 920. The first-order valence-electron chi connectivity index (χ1n) is 9.17. The van der Waals surface area contributed by atoms with Crippen LogP contribution in [0.5, 0.6) is 0 Å². The molecule has 0 amide bonds. The minimum absolute atomic E-state index is 0.338. The Hall–Kier alpha value is -3.15. The highest BCUT2D eigenvalue weighted by Crippen LogP contribution is 2.24. The summed E-state index contributed by atoms with van der Waals surface area (Å²) in [6.45, 7) is 4.14. The summed E-state index contributed by atoms with van der Waals surface area (Å²) in [6.07, 6.45) is 2.52. The van der Waals surface area contributed by atoms with Crippen molar-refractivity contribution in [1.29, 1.82) is 0 Å². The molecule has 3 aromatic rings. The van der Waals surface area contributed by atoms with Gasteiger partial charge in [-0.2, -0.15) is 4.98 Å². The van der Waals surface area contributed by atoms with E-state index in [9.17, 15) is 4.39 Å². The lowest BCUT2D eigenvalue weighted by Crippen LogP contribution is -2.17. The lowest BCUT2D eigenvalue weighted by atomic mass is 10.2. The molecule has 27 heavy (non-hydrogen) atoms. The maximum Gasteiger partial charge on any atom is 0.229 e. The van der Waals surface area contributed by atoms with E-state index in [4.69, 9.17) is 0 Å². The van der Waals surface area contributed by atoms with Crippen LogP contribution in [0, 0.1) is 12.7 Å². The largest absolute Gasteiger partial charge is 0.372 e. The highest BCUT2D eigenvalue weighted by Gasteiger charge is 2.12. The summed E-state index contributed by atoms with van der Waals surface area (Å²) in [4.78, 5) is 11.2. The van der Waals surface area contributed by atoms with Crippen LogP contribution in [-0.2, 0) is 0 Å². The number of anilines is 5. The maximum absolute atomic E-state index is 13.9. The Morgan fingerprint density at radius 2 is 1.67 bits per heavy atom. The molecule has 1 aromatic heterocycles. The van der Waals surface area contributed by atoms with Gasteiger partial charge < -0.3 is 15.5 Å². The Labute approximate surface area is 158 Å². The molecule has 0 bridgehead atoms. The maximum atomic E-state index is 13.9. The monoisotopic (exact) mass is 363 g/mol. The van der Waals surface area contributed by atoms with E-state index in [-0.39, 0.29) is 5.82 Å². The zero-order chi connectivity index (χ0) is 18.6. The number of nitrogens with one attached hydrogen (secondary N) is 2. The van der Waals surface area contributed by atoms with Gasteiger partial charge in [0.1, 0.15) is 11.6 Å². The molecule has 1 fully saturated rings. The molecule has 0 aliphatic carbocycles. The molecule has 0 radical (unpaired) electrons. The summed E-state index contributed by atoms with van der Waals surface area (Å²) >= 11 is 0. The van der Waals surface area contributed by atoms with E-state index in [0.717, 1.165) is 24.5 Å². The first-order valence-corrected chi connectivity index (χ1v) is 9.17. The van der Waals surface area contributed by atoms with Crippen molar-refractivity contribution < 1.29 is 4.39 Å². The molecule has 0 unspecified atom stereocenters. The Morgan fingerprint density at radius 1 is 0.926 bits per heavy atom. The highest BCUT2D eigenvalue weighted by molar-refractivity contribution is 5.63. The third kappa shape index (κ3) is 4.16. The van der Waals surface area contributed by atoms with E-state index in [2.05, 4.69) is 49.8 Å². The van der Waals surface area contributed by atoms with Gasteiger partial charge in [0.05, 0.1) is 5.69 Å². The van der Waals surface area contributed by atoms with E-state index in [1.807, 2.05) is 13.0 Å². The number of benzene rings is 2. The van der Waals surface area contributed by atoms with Crippen LogP contribution in [0.3, 0.4) is 0 Å². The van der Waals surface area contributed by atoms with Crippen molar-refractivity contribution in [3.05, 3.63) is 66.1 Å². The van der Waals surface area contributed by atoms with Crippen molar-refractivity contribution >= 4 is 28.8 Å². The number of aryl methyl sites for hydroxylation is 1. The third-order valence-corrected chi connectivity index (χ3v) is 4.59.